The highest BCUT2D eigenvalue weighted by atomic mass is 32.1. The minimum absolute atomic E-state index is 0.186. The van der Waals surface area contributed by atoms with E-state index in [4.69, 9.17) is 0 Å². The molecule has 1 rings (SSSR count). The summed E-state index contributed by atoms with van der Waals surface area (Å²) in [5.74, 6) is 0. The molecule has 80 valence electrons. The van der Waals surface area contributed by atoms with E-state index in [1.807, 2.05) is 12.3 Å². The second-order valence-electron chi connectivity index (χ2n) is 5.01. The van der Waals surface area contributed by atoms with Crippen molar-refractivity contribution in [2.45, 2.75) is 46.6 Å². The lowest BCUT2D eigenvalue weighted by molar-refractivity contribution is 0.121. The summed E-state index contributed by atoms with van der Waals surface area (Å²) in [6.07, 6.45) is 1.25. The van der Waals surface area contributed by atoms with Gasteiger partial charge in [-0.25, -0.2) is 4.98 Å². The Labute approximate surface area is 90.0 Å². The molecule has 0 aliphatic carbocycles. The maximum Gasteiger partial charge on any atom is 0.0953 e. The molecule has 14 heavy (non-hydrogen) atoms. The van der Waals surface area contributed by atoms with Crippen LogP contribution in [-0.4, -0.2) is 16.2 Å². The summed E-state index contributed by atoms with van der Waals surface area (Å²) in [4.78, 5) is 4.34. The van der Waals surface area contributed by atoms with Crippen molar-refractivity contribution in [3.05, 3.63) is 16.1 Å². The number of aryl methyl sites for hydroxylation is 1. The van der Waals surface area contributed by atoms with Crippen molar-refractivity contribution < 1.29 is 5.11 Å². The van der Waals surface area contributed by atoms with E-state index >= 15 is 0 Å². The zero-order valence-corrected chi connectivity index (χ0v) is 10.2. The van der Waals surface area contributed by atoms with Crippen LogP contribution in [0, 0.1) is 12.3 Å². The molecule has 3 heteroatoms. The largest absolute Gasteiger partial charge is 0.393 e. The van der Waals surface area contributed by atoms with E-state index in [2.05, 4.69) is 25.8 Å². The van der Waals surface area contributed by atoms with E-state index in [-0.39, 0.29) is 11.5 Å². The van der Waals surface area contributed by atoms with Crippen molar-refractivity contribution in [1.82, 2.24) is 4.98 Å². The maximum absolute atomic E-state index is 9.81. The van der Waals surface area contributed by atoms with Gasteiger partial charge in [0, 0.05) is 17.5 Å². The van der Waals surface area contributed by atoms with Crippen LogP contribution in [0.1, 0.15) is 37.9 Å². The van der Waals surface area contributed by atoms with Gasteiger partial charge in [-0.15, -0.1) is 11.3 Å². The minimum Gasteiger partial charge on any atom is -0.393 e. The third kappa shape index (κ3) is 4.20. The van der Waals surface area contributed by atoms with Crippen LogP contribution in [0.3, 0.4) is 0 Å². The first-order chi connectivity index (χ1) is 6.37. The van der Waals surface area contributed by atoms with Crippen molar-refractivity contribution in [2.75, 3.05) is 0 Å². The third-order valence-electron chi connectivity index (χ3n) is 1.92. The smallest absolute Gasteiger partial charge is 0.0953 e. The summed E-state index contributed by atoms with van der Waals surface area (Å²) in [5, 5.41) is 12.9. The number of nitrogens with zero attached hydrogens (tertiary/aromatic N) is 1. The predicted octanol–water partition coefficient (Wildman–Crippen LogP) is 2.79. The Morgan fingerprint density at radius 2 is 2.14 bits per heavy atom. The van der Waals surface area contributed by atoms with E-state index in [0.29, 0.717) is 6.42 Å². The van der Waals surface area contributed by atoms with E-state index in [0.717, 1.165) is 17.1 Å². The molecule has 0 spiro atoms. The number of aliphatic hydroxyl groups is 1. The van der Waals surface area contributed by atoms with Gasteiger partial charge in [-0.05, 0) is 18.8 Å². The quantitative estimate of drug-likeness (QED) is 0.837. The highest BCUT2D eigenvalue weighted by molar-refractivity contribution is 7.09. The van der Waals surface area contributed by atoms with E-state index in [1.54, 1.807) is 11.3 Å². The third-order valence-corrected chi connectivity index (χ3v) is 2.91. The minimum atomic E-state index is -0.263. The Balaban J connectivity index is 2.45. The number of hydrogen-bond acceptors (Lipinski definition) is 3. The Morgan fingerprint density at radius 3 is 2.57 bits per heavy atom. The van der Waals surface area contributed by atoms with Gasteiger partial charge in [0.25, 0.3) is 0 Å². The van der Waals surface area contributed by atoms with Crippen molar-refractivity contribution in [2.24, 2.45) is 5.41 Å². The average molecular weight is 213 g/mol. The molecular formula is C11H19NOS. The van der Waals surface area contributed by atoms with Crippen LogP contribution >= 0.6 is 11.3 Å². The van der Waals surface area contributed by atoms with Gasteiger partial charge in [-0.3, -0.25) is 0 Å². The van der Waals surface area contributed by atoms with Gasteiger partial charge in [-0.2, -0.15) is 0 Å². The molecule has 1 aromatic rings. The zero-order valence-electron chi connectivity index (χ0n) is 9.37. The normalized spacial score (nSPS) is 14.4. The Hall–Kier alpha value is -0.410. The Morgan fingerprint density at radius 1 is 1.50 bits per heavy atom. The number of hydrogen-bond donors (Lipinski definition) is 1. The molecule has 0 aliphatic heterocycles. The average Bonchev–Trinajstić information content (AvgIpc) is 2.30. The first kappa shape index (κ1) is 11.7. The summed E-state index contributed by atoms with van der Waals surface area (Å²) in [6.45, 7) is 8.41. The maximum atomic E-state index is 9.81. The molecule has 1 atom stereocenters. The lowest BCUT2D eigenvalue weighted by atomic mass is 9.88. The number of rotatable bonds is 3. The Bertz CT molecular complexity index is 288. The van der Waals surface area contributed by atoms with Gasteiger partial charge >= 0.3 is 0 Å². The molecular weight excluding hydrogens is 194 g/mol. The molecule has 0 radical (unpaired) electrons. The van der Waals surface area contributed by atoms with Gasteiger partial charge in [0.15, 0.2) is 0 Å². The van der Waals surface area contributed by atoms with Crippen molar-refractivity contribution in [3.8, 4) is 0 Å². The molecule has 1 N–H and O–H groups in total. The highest BCUT2D eigenvalue weighted by Crippen LogP contribution is 2.23. The van der Waals surface area contributed by atoms with Crippen LogP contribution in [0.5, 0.6) is 0 Å². The summed E-state index contributed by atoms with van der Waals surface area (Å²) in [5.41, 5.74) is 1.24. The van der Waals surface area contributed by atoms with Crippen LogP contribution in [0.4, 0.5) is 0 Å². The molecule has 0 saturated heterocycles. The molecule has 1 aromatic heterocycles. The SMILES string of the molecule is Cc1csc(CC(O)CC(C)(C)C)n1. The molecule has 0 amide bonds. The van der Waals surface area contributed by atoms with Crippen molar-refractivity contribution >= 4 is 11.3 Å². The number of aromatic nitrogens is 1. The molecule has 0 bridgehead atoms. The van der Waals surface area contributed by atoms with Crippen molar-refractivity contribution in [3.63, 3.8) is 0 Å². The summed E-state index contributed by atoms with van der Waals surface area (Å²) >= 11 is 1.63. The van der Waals surface area contributed by atoms with Gasteiger partial charge in [0.2, 0.25) is 0 Å². The van der Waals surface area contributed by atoms with E-state index in [1.165, 1.54) is 0 Å². The molecule has 0 aliphatic rings. The van der Waals surface area contributed by atoms with Crippen LogP contribution in [-0.2, 0) is 6.42 Å². The number of thiazole rings is 1. The molecule has 0 saturated carbocycles. The standard InChI is InChI=1S/C11H19NOS/c1-8-7-14-10(12-8)5-9(13)6-11(2,3)4/h7,9,13H,5-6H2,1-4H3. The van der Waals surface area contributed by atoms with E-state index in [9.17, 15) is 5.11 Å². The fourth-order valence-electron chi connectivity index (χ4n) is 1.48. The first-order valence-electron chi connectivity index (χ1n) is 4.96. The van der Waals surface area contributed by atoms with Crippen LogP contribution in [0.2, 0.25) is 0 Å². The van der Waals surface area contributed by atoms with Crippen LogP contribution < -0.4 is 0 Å². The summed E-state index contributed by atoms with van der Waals surface area (Å²) < 4.78 is 0. The van der Waals surface area contributed by atoms with Crippen LogP contribution in [0.15, 0.2) is 5.38 Å². The monoisotopic (exact) mass is 213 g/mol. The first-order valence-corrected chi connectivity index (χ1v) is 5.84. The molecule has 1 heterocycles. The highest BCUT2D eigenvalue weighted by Gasteiger charge is 2.17. The Kier molecular flexibility index (Phi) is 3.67. The van der Waals surface area contributed by atoms with E-state index < -0.39 is 0 Å². The molecule has 1 unspecified atom stereocenters. The van der Waals surface area contributed by atoms with Crippen LogP contribution in [0.25, 0.3) is 0 Å². The summed E-state index contributed by atoms with van der Waals surface area (Å²) in [6, 6.07) is 0. The lowest BCUT2D eigenvalue weighted by Gasteiger charge is -2.21. The lowest BCUT2D eigenvalue weighted by Crippen LogP contribution is -2.19. The zero-order chi connectivity index (χ0) is 10.8. The predicted molar refractivity (Wildman–Crippen MR) is 60.6 cm³/mol. The fraction of sp³-hybridized carbons (Fsp3) is 0.727. The molecule has 0 aromatic carbocycles. The van der Waals surface area contributed by atoms with Gasteiger partial charge in [0.1, 0.15) is 0 Å². The molecule has 0 fully saturated rings. The van der Waals surface area contributed by atoms with Gasteiger partial charge in [0.05, 0.1) is 11.1 Å². The summed E-state index contributed by atoms with van der Waals surface area (Å²) in [7, 11) is 0. The fourth-order valence-corrected chi connectivity index (χ4v) is 2.32. The number of aliphatic hydroxyl groups excluding tert-OH is 1. The topological polar surface area (TPSA) is 33.1 Å². The second-order valence-corrected chi connectivity index (χ2v) is 5.95. The second kappa shape index (κ2) is 4.41. The molecule has 2 nitrogen and oxygen atoms in total. The van der Waals surface area contributed by atoms with Gasteiger partial charge in [-0.1, -0.05) is 20.8 Å². The van der Waals surface area contributed by atoms with Crippen molar-refractivity contribution in [1.29, 1.82) is 0 Å². The van der Waals surface area contributed by atoms with Gasteiger partial charge < -0.3 is 5.11 Å².